The number of methoxy groups -OCH3 is 1. The molecule has 1 saturated heterocycles. The third-order valence-electron chi connectivity index (χ3n) is 5.82. The summed E-state index contributed by atoms with van der Waals surface area (Å²) in [5.74, 6) is 1.67. The van der Waals surface area contributed by atoms with Crippen LogP contribution in [0.25, 0.3) is 11.3 Å². The molecule has 4 rings (SSSR count). The number of hydrogen-bond acceptors (Lipinski definition) is 7. The van der Waals surface area contributed by atoms with Crippen LogP contribution in [0.1, 0.15) is 24.0 Å². The van der Waals surface area contributed by atoms with Crippen molar-refractivity contribution in [3.63, 3.8) is 0 Å². The number of ether oxygens (including phenoxy) is 2. The summed E-state index contributed by atoms with van der Waals surface area (Å²) < 4.78 is 11.1. The molecule has 2 aliphatic heterocycles. The fourth-order valence-electron chi connectivity index (χ4n) is 4.23. The van der Waals surface area contributed by atoms with Gasteiger partial charge >= 0.3 is 0 Å². The van der Waals surface area contributed by atoms with E-state index in [-0.39, 0.29) is 5.75 Å². The molecule has 150 valence electrons. The Morgan fingerprint density at radius 1 is 1.25 bits per heavy atom. The number of phenols is 1. The predicted octanol–water partition coefficient (Wildman–Crippen LogP) is 2.60. The van der Waals surface area contributed by atoms with Gasteiger partial charge in [0.15, 0.2) is 5.82 Å². The van der Waals surface area contributed by atoms with E-state index < -0.39 is 0 Å². The van der Waals surface area contributed by atoms with Gasteiger partial charge in [-0.3, -0.25) is 0 Å². The van der Waals surface area contributed by atoms with Crippen LogP contribution in [0.15, 0.2) is 18.2 Å². The van der Waals surface area contributed by atoms with Gasteiger partial charge in [0, 0.05) is 36.3 Å². The Labute approximate surface area is 165 Å². The van der Waals surface area contributed by atoms with Crippen LogP contribution >= 0.6 is 0 Å². The van der Waals surface area contributed by atoms with Crippen molar-refractivity contribution in [1.82, 2.24) is 15.1 Å². The van der Waals surface area contributed by atoms with Gasteiger partial charge in [-0.25, -0.2) is 0 Å². The van der Waals surface area contributed by atoms with Crippen LogP contribution in [0.3, 0.4) is 0 Å². The quantitative estimate of drug-likeness (QED) is 0.872. The van der Waals surface area contributed by atoms with E-state index in [0.29, 0.717) is 36.3 Å². The lowest BCUT2D eigenvalue weighted by atomic mass is 10.0. The normalized spacial score (nSPS) is 20.5. The Bertz CT molecular complexity index is 858. The lowest BCUT2D eigenvalue weighted by Crippen LogP contribution is -2.48. The summed E-state index contributed by atoms with van der Waals surface area (Å²) in [6.07, 6.45) is 2.35. The Hall–Kier alpha value is -2.38. The molecule has 0 bridgehead atoms. The number of hydrogen-bond donors (Lipinski definition) is 1. The first kappa shape index (κ1) is 19.0. The van der Waals surface area contributed by atoms with Crippen LogP contribution < -0.4 is 9.64 Å². The number of aromatic hydroxyl groups is 1. The highest BCUT2D eigenvalue weighted by Crippen LogP contribution is 2.37. The molecule has 0 aliphatic carbocycles. The lowest BCUT2D eigenvalue weighted by Gasteiger charge is -2.38. The maximum absolute atomic E-state index is 10.5. The molecule has 2 aromatic rings. The zero-order valence-corrected chi connectivity index (χ0v) is 16.8. The summed E-state index contributed by atoms with van der Waals surface area (Å²) in [4.78, 5) is 4.75. The molecule has 1 N–H and O–H groups in total. The second kappa shape index (κ2) is 7.93. The number of likely N-dealkylation sites (N-methyl/N-ethyl adjacent to an activating group) is 1. The van der Waals surface area contributed by atoms with E-state index in [1.165, 1.54) is 6.42 Å². The molecule has 28 heavy (non-hydrogen) atoms. The monoisotopic (exact) mass is 384 g/mol. The standard InChI is InChI=1S/C21H28N4O3/c1-14-18-13-28-10-9-25(15-5-4-8-24(2)12-15)21(18)23-22-20(14)17-7-6-16(27-3)11-19(17)26/h6-7,11,15,26H,4-5,8-10,12-13H2,1-3H3/t15-/m1/s1. The average molecular weight is 384 g/mol. The maximum atomic E-state index is 10.5. The van der Waals surface area contributed by atoms with Crippen LogP contribution in [0.2, 0.25) is 0 Å². The molecule has 3 heterocycles. The van der Waals surface area contributed by atoms with Crippen LogP contribution in [0, 0.1) is 6.92 Å². The molecular weight excluding hydrogens is 356 g/mol. The molecule has 0 spiro atoms. The molecule has 1 aromatic carbocycles. The van der Waals surface area contributed by atoms with Crippen molar-refractivity contribution in [2.24, 2.45) is 0 Å². The van der Waals surface area contributed by atoms with Crippen molar-refractivity contribution < 1.29 is 14.6 Å². The molecule has 0 radical (unpaired) electrons. The molecule has 1 fully saturated rings. The number of benzene rings is 1. The molecule has 2 aliphatic rings. The number of aromatic nitrogens is 2. The smallest absolute Gasteiger partial charge is 0.157 e. The van der Waals surface area contributed by atoms with Crippen LogP contribution in [-0.2, 0) is 11.3 Å². The molecule has 7 nitrogen and oxygen atoms in total. The zero-order valence-electron chi connectivity index (χ0n) is 16.8. The molecule has 1 aromatic heterocycles. The number of likely N-dealkylation sites (tertiary alicyclic amines) is 1. The van der Waals surface area contributed by atoms with E-state index in [2.05, 4.69) is 27.0 Å². The predicted molar refractivity (Wildman–Crippen MR) is 108 cm³/mol. The Morgan fingerprint density at radius 3 is 2.86 bits per heavy atom. The van der Waals surface area contributed by atoms with Gasteiger partial charge in [0.1, 0.15) is 17.2 Å². The first-order chi connectivity index (χ1) is 13.6. The van der Waals surface area contributed by atoms with Crippen LogP contribution in [-0.4, -0.2) is 66.6 Å². The van der Waals surface area contributed by atoms with Gasteiger partial charge in [0.25, 0.3) is 0 Å². The van der Waals surface area contributed by atoms with Crippen molar-refractivity contribution in [2.75, 3.05) is 45.3 Å². The molecule has 0 amide bonds. The number of phenolic OH excluding ortho intramolecular Hbond substituents is 1. The fourth-order valence-corrected chi connectivity index (χ4v) is 4.23. The van der Waals surface area contributed by atoms with E-state index in [9.17, 15) is 5.11 Å². The number of nitrogens with zero attached hydrogens (tertiary/aromatic N) is 4. The second-order valence-electron chi connectivity index (χ2n) is 7.66. The van der Waals surface area contributed by atoms with Gasteiger partial charge in [0.2, 0.25) is 0 Å². The fraction of sp³-hybridized carbons (Fsp3) is 0.524. The lowest BCUT2D eigenvalue weighted by molar-refractivity contribution is 0.129. The Kier molecular flexibility index (Phi) is 5.37. The maximum Gasteiger partial charge on any atom is 0.157 e. The van der Waals surface area contributed by atoms with Gasteiger partial charge in [0.05, 0.1) is 20.3 Å². The van der Waals surface area contributed by atoms with Crippen molar-refractivity contribution >= 4 is 5.82 Å². The topological polar surface area (TPSA) is 71.0 Å². The Morgan fingerprint density at radius 2 is 2.11 bits per heavy atom. The van der Waals surface area contributed by atoms with E-state index in [1.54, 1.807) is 13.2 Å². The third-order valence-corrected chi connectivity index (χ3v) is 5.82. The minimum atomic E-state index is 0.136. The number of piperidine rings is 1. The van der Waals surface area contributed by atoms with Gasteiger partial charge in [-0.15, -0.1) is 10.2 Å². The first-order valence-corrected chi connectivity index (χ1v) is 9.85. The molecule has 7 heteroatoms. The van der Waals surface area contributed by atoms with Gasteiger partial charge < -0.3 is 24.4 Å². The SMILES string of the molecule is COc1ccc(-c2nnc3c(c2C)COCCN3[C@@H]2CCCN(C)C2)c(O)c1. The largest absolute Gasteiger partial charge is 0.507 e. The summed E-state index contributed by atoms with van der Waals surface area (Å²) >= 11 is 0. The summed E-state index contributed by atoms with van der Waals surface area (Å²) in [6, 6.07) is 5.67. The van der Waals surface area contributed by atoms with Crippen LogP contribution in [0.4, 0.5) is 5.82 Å². The highest BCUT2D eigenvalue weighted by Gasteiger charge is 2.30. The third kappa shape index (κ3) is 3.52. The summed E-state index contributed by atoms with van der Waals surface area (Å²) in [6.45, 7) is 6.23. The number of anilines is 1. The molecule has 0 saturated carbocycles. The van der Waals surface area contributed by atoms with Gasteiger partial charge in [-0.1, -0.05) is 0 Å². The highest BCUT2D eigenvalue weighted by molar-refractivity contribution is 5.73. The van der Waals surface area contributed by atoms with Gasteiger partial charge in [-0.05, 0) is 51.1 Å². The molecular formula is C21H28N4O3. The summed E-state index contributed by atoms with van der Waals surface area (Å²) in [5.41, 5.74) is 3.40. The molecule has 0 unspecified atom stereocenters. The number of rotatable bonds is 3. The average Bonchev–Trinajstić information content (AvgIpc) is 2.92. The van der Waals surface area contributed by atoms with Crippen molar-refractivity contribution in [2.45, 2.75) is 32.4 Å². The molecule has 1 atom stereocenters. The summed E-state index contributed by atoms with van der Waals surface area (Å²) in [7, 11) is 3.75. The minimum absolute atomic E-state index is 0.136. The van der Waals surface area contributed by atoms with Crippen LogP contribution in [0.5, 0.6) is 11.5 Å². The Balaban J connectivity index is 1.73. The van der Waals surface area contributed by atoms with E-state index in [0.717, 1.165) is 43.0 Å². The van der Waals surface area contributed by atoms with Crippen molar-refractivity contribution in [3.8, 4) is 22.8 Å². The van der Waals surface area contributed by atoms with E-state index in [4.69, 9.17) is 9.47 Å². The zero-order chi connectivity index (χ0) is 19.7. The van der Waals surface area contributed by atoms with Crippen molar-refractivity contribution in [1.29, 1.82) is 0 Å². The van der Waals surface area contributed by atoms with Crippen molar-refractivity contribution in [3.05, 3.63) is 29.3 Å². The highest BCUT2D eigenvalue weighted by atomic mass is 16.5. The minimum Gasteiger partial charge on any atom is -0.507 e. The summed E-state index contributed by atoms with van der Waals surface area (Å²) in [5, 5.41) is 19.6. The number of fused-ring (bicyclic) bond motifs is 1. The van der Waals surface area contributed by atoms with E-state index in [1.807, 2.05) is 19.1 Å². The van der Waals surface area contributed by atoms with Gasteiger partial charge in [-0.2, -0.15) is 0 Å². The second-order valence-corrected chi connectivity index (χ2v) is 7.66. The first-order valence-electron chi connectivity index (χ1n) is 9.85. The van der Waals surface area contributed by atoms with E-state index >= 15 is 0 Å².